The summed E-state index contributed by atoms with van der Waals surface area (Å²) in [5, 5.41) is 30.4. The summed E-state index contributed by atoms with van der Waals surface area (Å²) < 4.78 is 28.8. The fraction of sp³-hybridized carbons (Fsp3) is 0.417. The normalized spacial score (nSPS) is 23.4. The van der Waals surface area contributed by atoms with Gasteiger partial charge in [0.25, 0.3) is 0 Å². The second-order valence-corrected chi connectivity index (χ2v) is 9.33. The van der Waals surface area contributed by atoms with Crippen LogP contribution in [0, 0.1) is 17.0 Å². The molecule has 0 spiro atoms. The topological polar surface area (TPSA) is 104 Å². The average Bonchev–Trinajstić information content (AvgIpc) is 3.18. The van der Waals surface area contributed by atoms with Crippen LogP contribution in [0.15, 0.2) is 36.5 Å². The lowest BCUT2D eigenvalue weighted by molar-refractivity contribution is 0.105. The van der Waals surface area contributed by atoms with E-state index in [0.29, 0.717) is 5.95 Å². The number of aliphatic hydroxyl groups excluding tert-OH is 2. The second-order valence-electron chi connectivity index (χ2n) is 9.33. The van der Waals surface area contributed by atoms with Crippen molar-refractivity contribution in [3.05, 3.63) is 65.1 Å². The zero-order valence-electron chi connectivity index (χ0n) is 18.4. The maximum Gasteiger partial charge on any atom is 0.222 e. The van der Waals surface area contributed by atoms with Gasteiger partial charge in [-0.3, -0.25) is 0 Å². The van der Waals surface area contributed by atoms with Crippen molar-refractivity contribution in [2.45, 2.75) is 44.1 Å². The molecule has 172 valence electrons. The molecule has 3 aromatic rings. The number of hydrogen-bond acceptors (Lipinski definition) is 7. The molecule has 3 N–H and O–H groups in total. The van der Waals surface area contributed by atoms with Crippen molar-refractivity contribution < 1.29 is 19.0 Å². The summed E-state index contributed by atoms with van der Waals surface area (Å²) in [7, 11) is 0. The van der Waals surface area contributed by atoms with Gasteiger partial charge < -0.3 is 15.5 Å². The molecule has 1 saturated carbocycles. The molecule has 2 heterocycles. The van der Waals surface area contributed by atoms with Crippen molar-refractivity contribution in [1.82, 2.24) is 20.2 Å². The quantitative estimate of drug-likeness (QED) is 0.527. The summed E-state index contributed by atoms with van der Waals surface area (Å²) >= 11 is 0. The maximum atomic E-state index is 14.4. The van der Waals surface area contributed by atoms with E-state index in [4.69, 9.17) is 10.1 Å². The molecule has 7 nitrogen and oxygen atoms in total. The monoisotopic (exact) mass is 453 g/mol. The van der Waals surface area contributed by atoms with Gasteiger partial charge in [0.05, 0.1) is 40.8 Å². The molecule has 0 amide bonds. The average molecular weight is 453 g/mol. The minimum absolute atomic E-state index is 0.118. The Morgan fingerprint density at radius 1 is 1.18 bits per heavy atom. The van der Waals surface area contributed by atoms with Crippen LogP contribution in [0.5, 0.6) is 0 Å². The number of nitrogens with zero attached hydrogens (tertiary/aromatic N) is 4. The molecule has 5 rings (SSSR count). The molecule has 0 radical (unpaired) electrons. The summed E-state index contributed by atoms with van der Waals surface area (Å²) in [6, 6.07) is 7.39. The predicted octanol–water partition coefficient (Wildman–Crippen LogP) is 3.18. The van der Waals surface area contributed by atoms with Crippen LogP contribution in [-0.2, 0) is 5.41 Å². The van der Waals surface area contributed by atoms with E-state index in [2.05, 4.69) is 34.3 Å². The van der Waals surface area contributed by atoms with Crippen LogP contribution >= 0.6 is 0 Å². The molecular formula is C24H25F2N5O2. The van der Waals surface area contributed by atoms with Gasteiger partial charge in [-0.1, -0.05) is 19.9 Å². The van der Waals surface area contributed by atoms with Crippen LogP contribution < -0.4 is 5.32 Å². The maximum absolute atomic E-state index is 14.4. The van der Waals surface area contributed by atoms with Crippen molar-refractivity contribution in [1.29, 1.82) is 0 Å². The number of anilines is 1. The summed E-state index contributed by atoms with van der Waals surface area (Å²) in [6.07, 6.45) is 2.44. The summed E-state index contributed by atoms with van der Waals surface area (Å²) in [5.74, 6) is -0.852. The molecule has 2 aromatic heterocycles. The van der Waals surface area contributed by atoms with E-state index in [-0.39, 0.29) is 35.7 Å². The standard InChI is InChI=1S/C24H25F2N5O2/c1-23(2)15-6-8-24(23,19-7-9-27-22(29-19)28-11-13(33)12-32)21-14(15)10-18(30-31-21)20-16(25)4-3-5-17(20)26/h3-5,7,9-10,13,15,32-33H,6,8,11-12H2,1-2H3,(H,27,28,29)/t13-,15+,24+/m1/s1. The fourth-order valence-electron chi connectivity index (χ4n) is 5.71. The largest absolute Gasteiger partial charge is 0.394 e. The van der Waals surface area contributed by atoms with E-state index < -0.39 is 23.2 Å². The van der Waals surface area contributed by atoms with Gasteiger partial charge in [-0.2, -0.15) is 5.10 Å². The molecule has 3 atom stereocenters. The highest BCUT2D eigenvalue weighted by Gasteiger charge is 2.65. The van der Waals surface area contributed by atoms with E-state index in [1.54, 1.807) is 12.3 Å². The van der Waals surface area contributed by atoms with Crippen LogP contribution in [-0.4, -0.2) is 49.6 Å². The molecule has 0 aliphatic heterocycles. The highest BCUT2D eigenvalue weighted by atomic mass is 19.1. The van der Waals surface area contributed by atoms with E-state index in [9.17, 15) is 13.9 Å². The van der Waals surface area contributed by atoms with Crippen molar-refractivity contribution >= 4 is 5.95 Å². The van der Waals surface area contributed by atoms with Crippen molar-refractivity contribution in [2.75, 3.05) is 18.5 Å². The van der Waals surface area contributed by atoms with Gasteiger partial charge in [0, 0.05) is 12.7 Å². The first-order chi connectivity index (χ1) is 15.8. The third-order valence-electron chi connectivity index (χ3n) is 7.40. The summed E-state index contributed by atoms with van der Waals surface area (Å²) in [6.45, 7) is 4.09. The molecular weight excluding hydrogens is 428 g/mol. The van der Waals surface area contributed by atoms with Gasteiger partial charge in [-0.15, -0.1) is 5.10 Å². The highest BCUT2D eigenvalue weighted by Crippen LogP contribution is 2.69. The molecule has 0 saturated heterocycles. The number of rotatable bonds is 6. The Balaban J connectivity index is 1.60. The molecule has 9 heteroatoms. The highest BCUT2D eigenvalue weighted by molar-refractivity contribution is 5.64. The third kappa shape index (κ3) is 3.13. The van der Waals surface area contributed by atoms with Crippen molar-refractivity contribution in [2.24, 2.45) is 5.41 Å². The minimum Gasteiger partial charge on any atom is -0.394 e. The number of fused-ring (bicyclic) bond motifs is 5. The molecule has 2 bridgehead atoms. The Labute approximate surface area is 189 Å². The number of aliphatic hydroxyl groups is 2. The van der Waals surface area contributed by atoms with Gasteiger partial charge in [-0.05, 0) is 54.0 Å². The lowest BCUT2D eigenvalue weighted by Gasteiger charge is -2.37. The first-order valence-electron chi connectivity index (χ1n) is 11.0. The minimum atomic E-state index is -0.919. The van der Waals surface area contributed by atoms with Crippen LogP contribution in [0.1, 0.15) is 49.6 Å². The Kier molecular flexibility index (Phi) is 5.13. The van der Waals surface area contributed by atoms with E-state index in [1.165, 1.54) is 18.2 Å². The lowest BCUT2D eigenvalue weighted by Crippen LogP contribution is -2.38. The zero-order valence-corrected chi connectivity index (χ0v) is 18.4. The Hall–Kier alpha value is -3.04. The van der Waals surface area contributed by atoms with Crippen LogP contribution in [0.2, 0.25) is 0 Å². The van der Waals surface area contributed by atoms with E-state index in [0.717, 1.165) is 29.8 Å². The van der Waals surface area contributed by atoms with Crippen molar-refractivity contribution in [3.8, 4) is 11.3 Å². The first kappa shape index (κ1) is 21.8. The Morgan fingerprint density at radius 3 is 2.67 bits per heavy atom. The van der Waals surface area contributed by atoms with E-state index in [1.807, 2.05) is 6.07 Å². The zero-order chi connectivity index (χ0) is 23.4. The van der Waals surface area contributed by atoms with Crippen molar-refractivity contribution in [3.63, 3.8) is 0 Å². The van der Waals surface area contributed by atoms with Gasteiger partial charge in [0.1, 0.15) is 11.6 Å². The molecule has 2 aliphatic rings. The number of nitrogens with one attached hydrogen (secondary N) is 1. The summed E-state index contributed by atoms with van der Waals surface area (Å²) in [4.78, 5) is 8.97. The molecule has 1 aromatic carbocycles. The van der Waals surface area contributed by atoms with Crippen LogP contribution in [0.3, 0.4) is 0 Å². The first-order valence-corrected chi connectivity index (χ1v) is 11.0. The Morgan fingerprint density at radius 2 is 1.94 bits per heavy atom. The van der Waals surface area contributed by atoms with Gasteiger partial charge in [0.15, 0.2) is 0 Å². The third-order valence-corrected chi connectivity index (χ3v) is 7.40. The number of aromatic nitrogens is 4. The second kappa shape index (κ2) is 7.78. The molecule has 2 aliphatic carbocycles. The van der Waals surface area contributed by atoms with Crippen LogP contribution in [0.4, 0.5) is 14.7 Å². The summed E-state index contributed by atoms with van der Waals surface area (Å²) in [5.41, 5.74) is 1.74. The predicted molar refractivity (Wildman–Crippen MR) is 118 cm³/mol. The fourth-order valence-corrected chi connectivity index (χ4v) is 5.71. The SMILES string of the molecule is CC1(C)[C@H]2CC[C@]1(c1ccnc(NC[C@@H](O)CO)n1)c1nnc(-c3c(F)cccc3F)cc12. The lowest BCUT2D eigenvalue weighted by atomic mass is 9.66. The van der Waals surface area contributed by atoms with Crippen LogP contribution in [0.25, 0.3) is 11.3 Å². The smallest absolute Gasteiger partial charge is 0.222 e. The van der Waals surface area contributed by atoms with Gasteiger partial charge in [-0.25, -0.2) is 18.7 Å². The molecule has 0 unspecified atom stereocenters. The number of benzene rings is 1. The van der Waals surface area contributed by atoms with Gasteiger partial charge >= 0.3 is 0 Å². The molecule has 33 heavy (non-hydrogen) atoms. The van der Waals surface area contributed by atoms with E-state index >= 15 is 0 Å². The number of halogens is 2. The molecule has 1 fully saturated rings. The Bertz CT molecular complexity index is 1200. The van der Waals surface area contributed by atoms with Gasteiger partial charge in [0.2, 0.25) is 5.95 Å². The number of hydrogen-bond donors (Lipinski definition) is 3.